The third kappa shape index (κ3) is 3.17. The third-order valence-corrected chi connectivity index (χ3v) is 2.61. The standard InChI is InChI=1S/C13H15ClO2/c1-13(2,3)12(16)11(15)8-9-6-4-5-7-10(9)14/h4-7H,8H2,1-3H3. The molecule has 1 aromatic rings. The van der Waals surface area contributed by atoms with Gasteiger partial charge in [-0.3, -0.25) is 9.59 Å². The molecule has 0 amide bonds. The van der Waals surface area contributed by atoms with Gasteiger partial charge in [0.2, 0.25) is 11.6 Å². The second-order valence-electron chi connectivity index (χ2n) is 4.77. The second kappa shape index (κ2) is 4.79. The van der Waals surface area contributed by atoms with E-state index >= 15 is 0 Å². The number of rotatable bonds is 3. The zero-order valence-corrected chi connectivity index (χ0v) is 10.5. The Bertz CT molecular complexity index is 416. The molecule has 0 aliphatic heterocycles. The van der Waals surface area contributed by atoms with Crippen LogP contribution in [0.3, 0.4) is 0 Å². The highest BCUT2D eigenvalue weighted by molar-refractivity contribution is 6.40. The van der Waals surface area contributed by atoms with E-state index in [4.69, 9.17) is 11.6 Å². The Balaban J connectivity index is 2.81. The molecule has 0 radical (unpaired) electrons. The molecule has 0 aromatic heterocycles. The Morgan fingerprint density at radius 1 is 1.19 bits per heavy atom. The molecule has 0 heterocycles. The van der Waals surface area contributed by atoms with E-state index in [0.717, 1.165) is 0 Å². The van der Waals surface area contributed by atoms with Crippen molar-refractivity contribution in [3.05, 3.63) is 34.9 Å². The third-order valence-electron chi connectivity index (χ3n) is 2.24. The van der Waals surface area contributed by atoms with Gasteiger partial charge in [-0.25, -0.2) is 0 Å². The second-order valence-corrected chi connectivity index (χ2v) is 5.18. The first-order chi connectivity index (χ1) is 7.32. The average Bonchev–Trinajstić information content (AvgIpc) is 2.19. The first-order valence-corrected chi connectivity index (χ1v) is 5.51. The minimum atomic E-state index is -0.627. The van der Waals surface area contributed by atoms with Crippen LogP contribution in [-0.2, 0) is 16.0 Å². The Hall–Kier alpha value is -1.15. The van der Waals surface area contributed by atoms with Gasteiger partial charge in [0.05, 0.1) is 0 Å². The molecule has 0 saturated carbocycles. The molecule has 0 unspecified atom stereocenters. The van der Waals surface area contributed by atoms with Crippen LogP contribution < -0.4 is 0 Å². The van der Waals surface area contributed by atoms with Gasteiger partial charge in [-0.1, -0.05) is 50.6 Å². The van der Waals surface area contributed by atoms with Crippen molar-refractivity contribution in [3.8, 4) is 0 Å². The number of benzene rings is 1. The van der Waals surface area contributed by atoms with E-state index < -0.39 is 5.41 Å². The van der Waals surface area contributed by atoms with Crippen LogP contribution in [-0.4, -0.2) is 11.6 Å². The maximum atomic E-state index is 11.7. The van der Waals surface area contributed by atoms with Crippen molar-refractivity contribution >= 4 is 23.2 Å². The molecular weight excluding hydrogens is 224 g/mol. The molecule has 0 aliphatic rings. The summed E-state index contributed by atoms with van der Waals surface area (Å²) in [5, 5.41) is 0.526. The van der Waals surface area contributed by atoms with Crippen LogP contribution in [0.4, 0.5) is 0 Å². The van der Waals surface area contributed by atoms with Gasteiger partial charge in [-0.15, -0.1) is 0 Å². The molecule has 0 N–H and O–H groups in total. The summed E-state index contributed by atoms with van der Waals surface area (Å²) in [6, 6.07) is 7.07. The summed E-state index contributed by atoms with van der Waals surface area (Å²) in [5.74, 6) is -0.743. The van der Waals surface area contributed by atoms with Crippen LogP contribution in [0, 0.1) is 5.41 Å². The van der Waals surface area contributed by atoms with Crippen LogP contribution in [0.1, 0.15) is 26.3 Å². The smallest absolute Gasteiger partial charge is 0.204 e. The van der Waals surface area contributed by atoms with Gasteiger partial charge in [0.15, 0.2) is 0 Å². The molecular formula is C13H15ClO2. The highest BCUT2D eigenvalue weighted by Gasteiger charge is 2.28. The van der Waals surface area contributed by atoms with Crippen LogP contribution in [0.15, 0.2) is 24.3 Å². The van der Waals surface area contributed by atoms with Crippen molar-refractivity contribution in [1.29, 1.82) is 0 Å². The van der Waals surface area contributed by atoms with Crippen LogP contribution >= 0.6 is 11.6 Å². The first kappa shape index (κ1) is 12.9. The summed E-state index contributed by atoms with van der Waals surface area (Å²) in [5.41, 5.74) is 0.0741. The molecule has 0 atom stereocenters. The molecule has 16 heavy (non-hydrogen) atoms. The van der Waals surface area contributed by atoms with Crippen molar-refractivity contribution < 1.29 is 9.59 Å². The molecule has 0 aliphatic carbocycles. The lowest BCUT2D eigenvalue weighted by atomic mass is 9.86. The summed E-state index contributed by atoms with van der Waals surface area (Å²) in [4.78, 5) is 23.4. The summed E-state index contributed by atoms with van der Waals surface area (Å²) in [6.45, 7) is 5.21. The van der Waals surface area contributed by atoms with Crippen molar-refractivity contribution in [2.24, 2.45) is 5.41 Å². The van der Waals surface area contributed by atoms with Crippen molar-refractivity contribution in [2.75, 3.05) is 0 Å². The lowest BCUT2D eigenvalue weighted by molar-refractivity contribution is -0.140. The topological polar surface area (TPSA) is 34.1 Å². The van der Waals surface area contributed by atoms with Crippen LogP contribution in [0.25, 0.3) is 0 Å². The normalized spacial score (nSPS) is 11.2. The predicted molar refractivity (Wildman–Crippen MR) is 64.6 cm³/mol. The van der Waals surface area contributed by atoms with Crippen LogP contribution in [0.2, 0.25) is 5.02 Å². The van der Waals surface area contributed by atoms with Gasteiger partial charge in [-0.05, 0) is 11.6 Å². The lowest BCUT2D eigenvalue weighted by Crippen LogP contribution is -2.29. The van der Waals surface area contributed by atoms with E-state index in [1.807, 2.05) is 0 Å². The molecule has 1 aromatic carbocycles. The SMILES string of the molecule is CC(C)(C)C(=O)C(=O)Cc1ccccc1Cl. The molecule has 86 valence electrons. The van der Waals surface area contributed by atoms with E-state index in [1.165, 1.54) is 0 Å². The molecule has 1 rings (SSSR count). The average molecular weight is 239 g/mol. The summed E-state index contributed by atoms with van der Waals surface area (Å²) in [6.07, 6.45) is 0.0791. The maximum Gasteiger partial charge on any atom is 0.204 e. The van der Waals surface area contributed by atoms with Gasteiger partial charge < -0.3 is 0 Å². The number of carbonyl (C=O) groups is 2. The fraction of sp³-hybridized carbons (Fsp3) is 0.385. The Labute approximate surface area is 101 Å². The van der Waals surface area contributed by atoms with Crippen molar-refractivity contribution in [1.82, 2.24) is 0 Å². The van der Waals surface area contributed by atoms with E-state index in [0.29, 0.717) is 10.6 Å². The molecule has 3 heteroatoms. The van der Waals surface area contributed by atoms with E-state index in [1.54, 1.807) is 45.0 Å². The Morgan fingerprint density at radius 3 is 2.25 bits per heavy atom. The van der Waals surface area contributed by atoms with Gasteiger partial charge in [0, 0.05) is 16.9 Å². The fourth-order valence-corrected chi connectivity index (χ4v) is 1.52. The van der Waals surface area contributed by atoms with Crippen molar-refractivity contribution in [3.63, 3.8) is 0 Å². The first-order valence-electron chi connectivity index (χ1n) is 5.13. The predicted octanol–water partition coefficient (Wildman–Crippen LogP) is 3.07. The highest BCUT2D eigenvalue weighted by atomic mass is 35.5. The van der Waals surface area contributed by atoms with Crippen molar-refractivity contribution in [2.45, 2.75) is 27.2 Å². The molecule has 0 fully saturated rings. The summed E-state index contributed by atoms with van der Waals surface area (Å²) in [7, 11) is 0. The number of ketones is 2. The number of hydrogen-bond donors (Lipinski definition) is 0. The summed E-state index contributed by atoms with van der Waals surface area (Å²) < 4.78 is 0. The zero-order valence-electron chi connectivity index (χ0n) is 9.71. The maximum absolute atomic E-state index is 11.7. The highest BCUT2D eigenvalue weighted by Crippen LogP contribution is 2.19. The zero-order chi connectivity index (χ0) is 12.3. The minimum absolute atomic E-state index is 0.0791. The summed E-state index contributed by atoms with van der Waals surface area (Å²) >= 11 is 5.92. The number of halogens is 1. The Kier molecular flexibility index (Phi) is 3.87. The number of Topliss-reactive ketones (excluding diaryl/α,β-unsaturated/α-hetero) is 2. The van der Waals surface area contributed by atoms with Gasteiger partial charge in [0.1, 0.15) is 0 Å². The molecule has 0 saturated heterocycles. The molecule has 0 spiro atoms. The van der Waals surface area contributed by atoms with E-state index in [-0.39, 0.29) is 18.0 Å². The van der Waals surface area contributed by atoms with Gasteiger partial charge in [0.25, 0.3) is 0 Å². The largest absolute Gasteiger partial charge is 0.290 e. The lowest BCUT2D eigenvalue weighted by Gasteiger charge is -2.15. The van der Waals surface area contributed by atoms with E-state index in [9.17, 15) is 9.59 Å². The monoisotopic (exact) mass is 238 g/mol. The number of carbonyl (C=O) groups excluding carboxylic acids is 2. The minimum Gasteiger partial charge on any atom is -0.290 e. The Morgan fingerprint density at radius 2 is 1.75 bits per heavy atom. The van der Waals surface area contributed by atoms with E-state index in [2.05, 4.69) is 0 Å². The quantitative estimate of drug-likeness (QED) is 0.759. The molecule has 2 nitrogen and oxygen atoms in total. The van der Waals surface area contributed by atoms with Gasteiger partial charge >= 0.3 is 0 Å². The van der Waals surface area contributed by atoms with Gasteiger partial charge in [-0.2, -0.15) is 0 Å². The molecule has 0 bridgehead atoms. The fourth-order valence-electron chi connectivity index (χ4n) is 1.31. The van der Waals surface area contributed by atoms with Crippen LogP contribution in [0.5, 0.6) is 0 Å². The number of hydrogen-bond acceptors (Lipinski definition) is 2.